The van der Waals surface area contributed by atoms with Crippen molar-refractivity contribution in [2.45, 2.75) is 12.8 Å². The standard InChI is InChI=1S/C24H24N2O7/c1-5-32-24(28)20-18(13-10-16(30-3)17(31-4)11-15(13)29-2)19-21(33-22(20)25)12-8-6-7-9-14(12)26-23(19)27/h6-11,18H,5,25H2,1-4H3,(H,26,27)/t18-/m0/s1. The van der Waals surface area contributed by atoms with E-state index < -0.39 is 17.4 Å². The number of carbonyl (C=O) groups is 1. The normalized spacial score (nSPS) is 15.0. The lowest BCUT2D eigenvalue weighted by molar-refractivity contribution is -0.139. The summed E-state index contributed by atoms with van der Waals surface area (Å²) in [5.41, 5.74) is 7.07. The van der Waals surface area contributed by atoms with Crippen LogP contribution in [0.4, 0.5) is 0 Å². The summed E-state index contributed by atoms with van der Waals surface area (Å²) in [6.45, 7) is 1.80. The highest BCUT2D eigenvalue weighted by molar-refractivity contribution is 5.95. The molecule has 172 valence electrons. The first-order chi connectivity index (χ1) is 15.9. The molecule has 0 fully saturated rings. The highest BCUT2D eigenvalue weighted by Gasteiger charge is 2.40. The molecule has 4 rings (SSSR count). The van der Waals surface area contributed by atoms with E-state index in [4.69, 9.17) is 29.4 Å². The number of pyridine rings is 1. The Morgan fingerprint density at radius 2 is 1.73 bits per heavy atom. The number of methoxy groups -OCH3 is 3. The van der Waals surface area contributed by atoms with Gasteiger partial charge in [0.1, 0.15) is 17.1 Å². The predicted octanol–water partition coefficient (Wildman–Crippen LogP) is 2.81. The first kappa shape index (κ1) is 22.1. The summed E-state index contributed by atoms with van der Waals surface area (Å²) < 4.78 is 27.6. The summed E-state index contributed by atoms with van der Waals surface area (Å²) in [7, 11) is 4.47. The van der Waals surface area contributed by atoms with Gasteiger partial charge in [-0.05, 0) is 25.1 Å². The minimum atomic E-state index is -0.948. The number of hydrogen-bond donors (Lipinski definition) is 2. The lowest BCUT2D eigenvalue weighted by atomic mass is 9.82. The van der Waals surface area contributed by atoms with Crippen molar-refractivity contribution in [3.05, 3.63) is 69.3 Å². The second kappa shape index (κ2) is 8.78. The van der Waals surface area contributed by atoms with Gasteiger partial charge in [0.25, 0.3) is 5.56 Å². The summed E-state index contributed by atoms with van der Waals surface area (Å²) >= 11 is 0. The monoisotopic (exact) mass is 452 g/mol. The zero-order chi connectivity index (χ0) is 23.7. The first-order valence-corrected chi connectivity index (χ1v) is 10.2. The third kappa shape index (κ3) is 3.61. The molecule has 0 spiro atoms. The Hall–Kier alpha value is -4.14. The number of hydrogen-bond acceptors (Lipinski definition) is 8. The van der Waals surface area contributed by atoms with Gasteiger partial charge in [-0.2, -0.15) is 0 Å². The maximum absolute atomic E-state index is 13.3. The van der Waals surface area contributed by atoms with Gasteiger partial charge in [-0.15, -0.1) is 0 Å². The number of carbonyl (C=O) groups excluding carboxylic acids is 1. The number of fused-ring (bicyclic) bond motifs is 3. The van der Waals surface area contributed by atoms with Gasteiger partial charge in [0.15, 0.2) is 11.5 Å². The van der Waals surface area contributed by atoms with Crippen LogP contribution in [-0.2, 0) is 9.53 Å². The Bertz CT molecular complexity index is 1330. The van der Waals surface area contributed by atoms with Crippen LogP contribution in [0.2, 0.25) is 0 Å². The Labute approximate surface area is 189 Å². The van der Waals surface area contributed by atoms with Crippen molar-refractivity contribution in [1.82, 2.24) is 4.98 Å². The molecule has 0 amide bonds. The molecule has 0 bridgehead atoms. The third-order valence-electron chi connectivity index (χ3n) is 5.51. The molecule has 1 aromatic heterocycles. The van der Waals surface area contributed by atoms with E-state index >= 15 is 0 Å². The van der Waals surface area contributed by atoms with Crippen LogP contribution in [0, 0.1) is 0 Å². The summed E-state index contributed by atoms with van der Waals surface area (Å²) in [6, 6.07) is 10.4. The van der Waals surface area contributed by atoms with Crippen molar-refractivity contribution >= 4 is 16.9 Å². The first-order valence-electron chi connectivity index (χ1n) is 10.2. The van der Waals surface area contributed by atoms with Crippen LogP contribution >= 0.6 is 0 Å². The smallest absolute Gasteiger partial charge is 0.340 e. The lowest BCUT2D eigenvalue weighted by Gasteiger charge is -2.29. The van der Waals surface area contributed by atoms with Crippen LogP contribution in [0.25, 0.3) is 10.9 Å². The molecule has 0 radical (unpaired) electrons. The van der Waals surface area contributed by atoms with Crippen LogP contribution in [0.5, 0.6) is 23.0 Å². The molecule has 1 aliphatic rings. The molecule has 1 atom stereocenters. The number of esters is 1. The third-order valence-corrected chi connectivity index (χ3v) is 5.51. The number of ether oxygens (including phenoxy) is 5. The summed E-state index contributed by atoms with van der Waals surface area (Å²) in [6.07, 6.45) is 0. The van der Waals surface area contributed by atoms with Gasteiger partial charge in [-0.1, -0.05) is 12.1 Å². The molecular weight excluding hydrogens is 428 g/mol. The van der Waals surface area contributed by atoms with Crippen molar-refractivity contribution in [2.24, 2.45) is 5.73 Å². The maximum Gasteiger partial charge on any atom is 0.340 e. The Balaban J connectivity index is 2.10. The Kier molecular flexibility index (Phi) is 5.87. The van der Waals surface area contributed by atoms with E-state index in [1.54, 1.807) is 37.3 Å². The molecule has 33 heavy (non-hydrogen) atoms. The van der Waals surface area contributed by atoms with Crippen LogP contribution < -0.4 is 30.2 Å². The van der Waals surface area contributed by atoms with E-state index in [0.717, 1.165) is 0 Å². The topological polar surface area (TPSA) is 122 Å². The van der Waals surface area contributed by atoms with Crippen molar-refractivity contribution in [1.29, 1.82) is 0 Å². The molecule has 0 saturated heterocycles. The fraction of sp³-hybridized carbons (Fsp3) is 0.250. The largest absolute Gasteiger partial charge is 0.496 e. The van der Waals surface area contributed by atoms with Gasteiger partial charge >= 0.3 is 5.97 Å². The zero-order valence-corrected chi connectivity index (χ0v) is 18.7. The number of rotatable bonds is 6. The van der Waals surface area contributed by atoms with E-state index in [2.05, 4.69) is 4.98 Å². The molecule has 9 heteroatoms. The van der Waals surface area contributed by atoms with E-state index in [9.17, 15) is 9.59 Å². The molecule has 0 saturated carbocycles. The molecule has 2 heterocycles. The van der Waals surface area contributed by atoms with Gasteiger partial charge in [-0.25, -0.2) is 4.79 Å². The molecule has 2 aromatic carbocycles. The number of nitrogens with one attached hydrogen (secondary N) is 1. The number of para-hydroxylation sites is 1. The van der Waals surface area contributed by atoms with Gasteiger partial charge < -0.3 is 34.4 Å². The second-order valence-corrected chi connectivity index (χ2v) is 7.23. The number of nitrogens with two attached hydrogens (primary N) is 1. The van der Waals surface area contributed by atoms with E-state index in [1.165, 1.54) is 21.3 Å². The molecular formula is C24H24N2O7. The second-order valence-electron chi connectivity index (χ2n) is 7.23. The SMILES string of the molecule is CCOC(=O)C1=C(N)Oc2c(c(=O)[nH]c3ccccc23)[C@@H]1c1cc(OC)c(OC)cc1OC. The quantitative estimate of drug-likeness (QED) is 0.548. The summed E-state index contributed by atoms with van der Waals surface area (Å²) in [5, 5.41) is 0.641. The van der Waals surface area contributed by atoms with E-state index in [1.807, 2.05) is 6.07 Å². The fourth-order valence-corrected chi connectivity index (χ4v) is 4.07. The van der Waals surface area contributed by atoms with Crippen LogP contribution in [0.15, 0.2) is 52.6 Å². The van der Waals surface area contributed by atoms with Crippen LogP contribution in [0.1, 0.15) is 24.0 Å². The maximum atomic E-state index is 13.3. The van der Waals surface area contributed by atoms with Gasteiger partial charge in [0, 0.05) is 17.0 Å². The number of benzene rings is 2. The minimum Gasteiger partial charge on any atom is -0.496 e. The molecule has 3 aromatic rings. The molecule has 9 nitrogen and oxygen atoms in total. The number of aromatic nitrogens is 1. The highest BCUT2D eigenvalue weighted by Crippen LogP contribution is 2.48. The van der Waals surface area contributed by atoms with Crippen molar-refractivity contribution in [3.63, 3.8) is 0 Å². The van der Waals surface area contributed by atoms with E-state index in [-0.39, 0.29) is 29.4 Å². The molecule has 0 aliphatic carbocycles. The van der Waals surface area contributed by atoms with Gasteiger partial charge in [0.05, 0.1) is 44.9 Å². The summed E-state index contributed by atoms with van der Waals surface area (Å²) in [5.74, 6) is -0.355. The zero-order valence-electron chi connectivity index (χ0n) is 18.7. The van der Waals surface area contributed by atoms with Gasteiger partial charge in [0.2, 0.25) is 5.88 Å². The van der Waals surface area contributed by atoms with Gasteiger partial charge in [-0.3, -0.25) is 4.79 Å². The van der Waals surface area contributed by atoms with Crippen LogP contribution in [-0.4, -0.2) is 38.9 Å². The number of aromatic amines is 1. The minimum absolute atomic E-state index is 0.00403. The molecule has 1 aliphatic heterocycles. The number of H-pyrrole nitrogens is 1. The van der Waals surface area contributed by atoms with Crippen molar-refractivity contribution in [2.75, 3.05) is 27.9 Å². The predicted molar refractivity (Wildman–Crippen MR) is 121 cm³/mol. The Morgan fingerprint density at radius 1 is 1.06 bits per heavy atom. The highest BCUT2D eigenvalue weighted by atomic mass is 16.5. The van der Waals surface area contributed by atoms with E-state index in [0.29, 0.717) is 33.7 Å². The van der Waals surface area contributed by atoms with Crippen molar-refractivity contribution in [3.8, 4) is 23.0 Å². The lowest BCUT2D eigenvalue weighted by Crippen LogP contribution is -2.32. The average Bonchev–Trinajstić information content (AvgIpc) is 2.82. The summed E-state index contributed by atoms with van der Waals surface area (Å²) in [4.78, 5) is 29.2. The molecule has 3 N–H and O–H groups in total. The van der Waals surface area contributed by atoms with Crippen LogP contribution in [0.3, 0.4) is 0 Å². The fourth-order valence-electron chi connectivity index (χ4n) is 4.07. The van der Waals surface area contributed by atoms with Crippen molar-refractivity contribution < 1.29 is 28.5 Å². The Morgan fingerprint density at radius 3 is 2.39 bits per heavy atom. The average molecular weight is 452 g/mol. The molecule has 0 unspecified atom stereocenters.